The van der Waals surface area contributed by atoms with Crippen molar-refractivity contribution in [2.45, 2.75) is 59.3 Å². The Balaban J connectivity index is 2.07. The predicted molar refractivity (Wildman–Crippen MR) is 62.2 cm³/mol. The van der Waals surface area contributed by atoms with Crippen LogP contribution >= 0.6 is 0 Å². The molecular formula is C14H26. The minimum Gasteiger partial charge on any atom is -0.0654 e. The highest BCUT2D eigenvalue weighted by atomic mass is 14.5. The molecule has 0 aromatic rings. The van der Waals surface area contributed by atoms with Crippen LogP contribution in [0.3, 0.4) is 0 Å². The lowest BCUT2D eigenvalue weighted by Crippen LogP contribution is -2.19. The highest BCUT2D eigenvalue weighted by Gasteiger charge is 2.46. The molecule has 0 N–H and O–H groups in total. The van der Waals surface area contributed by atoms with Gasteiger partial charge in [-0.15, -0.1) is 0 Å². The lowest BCUT2D eigenvalue weighted by molar-refractivity contribution is 0.224. The van der Waals surface area contributed by atoms with Gasteiger partial charge in [-0.25, -0.2) is 0 Å². The summed E-state index contributed by atoms with van der Waals surface area (Å²) >= 11 is 0. The molecule has 0 heteroatoms. The molecule has 5 atom stereocenters. The van der Waals surface area contributed by atoms with E-state index in [9.17, 15) is 0 Å². The van der Waals surface area contributed by atoms with Crippen molar-refractivity contribution in [3.63, 3.8) is 0 Å². The van der Waals surface area contributed by atoms with Gasteiger partial charge in [0.25, 0.3) is 0 Å². The summed E-state index contributed by atoms with van der Waals surface area (Å²) in [7, 11) is 0. The van der Waals surface area contributed by atoms with Crippen LogP contribution in [0.25, 0.3) is 0 Å². The first-order valence-electron chi connectivity index (χ1n) is 6.77. The van der Waals surface area contributed by atoms with Gasteiger partial charge in [-0.2, -0.15) is 0 Å². The van der Waals surface area contributed by atoms with Crippen LogP contribution < -0.4 is 0 Å². The van der Waals surface area contributed by atoms with Crippen molar-refractivity contribution in [1.82, 2.24) is 0 Å². The van der Waals surface area contributed by atoms with E-state index in [2.05, 4.69) is 20.8 Å². The van der Waals surface area contributed by atoms with Crippen LogP contribution in [0.4, 0.5) is 0 Å². The molecule has 0 bridgehead atoms. The van der Waals surface area contributed by atoms with Gasteiger partial charge in [-0.3, -0.25) is 0 Å². The third kappa shape index (κ3) is 1.61. The summed E-state index contributed by atoms with van der Waals surface area (Å²) < 4.78 is 0. The molecule has 2 rings (SSSR count). The zero-order valence-electron chi connectivity index (χ0n) is 10.1. The van der Waals surface area contributed by atoms with E-state index in [-0.39, 0.29) is 0 Å². The maximum Gasteiger partial charge on any atom is -0.0326 e. The van der Waals surface area contributed by atoms with Crippen molar-refractivity contribution in [2.75, 3.05) is 0 Å². The summed E-state index contributed by atoms with van der Waals surface area (Å²) in [4.78, 5) is 0. The van der Waals surface area contributed by atoms with Crippen LogP contribution in [0.1, 0.15) is 59.3 Å². The summed E-state index contributed by atoms with van der Waals surface area (Å²) in [5.41, 5.74) is 0. The van der Waals surface area contributed by atoms with Crippen LogP contribution in [-0.2, 0) is 0 Å². The fraction of sp³-hybridized carbons (Fsp3) is 1.00. The molecule has 0 amide bonds. The van der Waals surface area contributed by atoms with E-state index >= 15 is 0 Å². The normalized spacial score (nSPS) is 46.9. The van der Waals surface area contributed by atoms with Gasteiger partial charge in [0.1, 0.15) is 0 Å². The fourth-order valence-electron chi connectivity index (χ4n) is 4.49. The minimum atomic E-state index is 1.03. The molecule has 0 radical (unpaired) electrons. The number of hydrogen-bond acceptors (Lipinski definition) is 0. The molecule has 2 fully saturated rings. The summed E-state index contributed by atoms with van der Waals surface area (Å²) in [5.74, 6) is 5.43. The second-order valence-electron chi connectivity index (χ2n) is 5.75. The number of fused-ring (bicyclic) bond motifs is 1. The van der Waals surface area contributed by atoms with Crippen LogP contribution in [0, 0.1) is 29.6 Å². The standard InChI is InChI=1S/C14H26/c1-4-6-13-10(3)9-12-8-7-11(5-2)14(12)13/h10-14H,4-9H2,1-3H3. The summed E-state index contributed by atoms with van der Waals surface area (Å²) in [6.45, 7) is 7.26. The molecule has 0 aromatic carbocycles. The zero-order valence-corrected chi connectivity index (χ0v) is 10.1. The molecule has 0 nitrogen and oxygen atoms in total. The van der Waals surface area contributed by atoms with E-state index in [0.29, 0.717) is 0 Å². The summed E-state index contributed by atoms with van der Waals surface area (Å²) in [6.07, 6.45) is 8.97. The van der Waals surface area contributed by atoms with E-state index in [1.54, 1.807) is 19.3 Å². The van der Waals surface area contributed by atoms with Gasteiger partial charge in [0, 0.05) is 0 Å². The van der Waals surface area contributed by atoms with Gasteiger partial charge in [0.15, 0.2) is 0 Å². The SMILES string of the molecule is CCCC1C(C)CC2CCC(CC)C21. The molecule has 0 heterocycles. The zero-order chi connectivity index (χ0) is 10.1. The molecular weight excluding hydrogens is 168 g/mol. The van der Waals surface area contributed by atoms with Crippen LogP contribution in [0.5, 0.6) is 0 Å². The van der Waals surface area contributed by atoms with E-state index in [1.807, 2.05) is 0 Å². The topological polar surface area (TPSA) is 0 Å². The maximum atomic E-state index is 2.51. The monoisotopic (exact) mass is 194 g/mol. The molecule has 2 aliphatic carbocycles. The van der Waals surface area contributed by atoms with Crippen molar-refractivity contribution in [1.29, 1.82) is 0 Å². The van der Waals surface area contributed by atoms with Gasteiger partial charge in [0.05, 0.1) is 0 Å². The Morgan fingerprint density at radius 1 is 1.14 bits per heavy atom. The van der Waals surface area contributed by atoms with Crippen LogP contribution in [0.2, 0.25) is 0 Å². The first-order valence-corrected chi connectivity index (χ1v) is 6.77. The summed E-state index contributed by atoms with van der Waals surface area (Å²) in [6, 6.07) is 0. The Labute approximate surface area is 89.5 Å². The average molecular weight is 194 g/mol. The third-order valence-corrected chi connectivity index (χ3v) is 5.04. The molecule has 0 saturated heterocycles. The van der Waals surface area contributed by atoms with Gasteiger partial charge in [-0.05, 0) is 48.9 Å². The van der Waals surface area contributed by atoms with Gasteiger partial charge in [0.2, 0.25) is 0 Å². The van der Waals surface area contributed by atoms with Gasteiger partial charge in [-0.1, -0.05) is 40.0 Å². The molecule has 0 aliphatic heterocycles. The first kappa shape index (κ1) is 10.5. The van der Waals surface area contributed by atoms with E-state index in [0.717, 1.165) is 29.6 Å². The molecule has 5 unspecified atom stereocenters. The number of hydrogen-bond donors (Lipinski definition) is 0. The van der Waals surface area contributed by atoms with Gasteiger partial charge < -0.3 is 0 Å². The van der Waals surface area contributed by atoms with Crippen molar-refractivity contribution >= 4 is 0 Å². The smallest absolute Gasteiger partial charge is 0.0326 e. The Hall–Kier alpha value is 0. The Morgan fingerprint density at radius 3 is 2.57 bits per heavy atom. The average Bonchev–Trinajstić information content (AvgIpc) is 2.68. The highest BCUT2D eigenvalue weighted by Crippen LogP contribution is 2.55. The Kier molecular flexibility index (Phi) is 3.19. The first-order chi connectivity index (χ1) is 6.77. The fourth-order valence-corrected chi connectivity index (χ4v) is 4.49. The Morgan fingerprint density at radius 2 is 1.93 bits per heavy atom. The molecule has 14 heavy (non-hydrogen) atoms. The lowest BCUT2D eigenvalue weighted by atomic mass is 9.79. The van der Waals surface area contributed by atoms with Gasteiger partial charge >= 0.3 is 0 Å². The molecule has 82 valence electrons. The Bertz CT molecular complexity index is 182. The van der Waals surface area contributed by atoms with Crippen LogP contribution in [0.15, 0.2) is 0 Å². The van der Waals surface area contributed by atoms with Crippen molar-refractivity contribution in [3.05, 3.63) is 0 Å². The third-order valence-electron chi connectivity index (χ3n) is 5.04. The van der Waals surface area contributed by atoms with Crippen molar-refractivity contribution in [2.24, 2.45) is 29.6 Å². The van der Waals surface area contributed by atoms with Crippen molar-refractivity contribution in [3.8, 4) is 0 Å². The lowest BCUT2D eigenvalue weighted by Gasteiger charge is -2.26. The summed E-state index contributed by atoms with van der Waals surface area (Å²) in [5, 5.41) is 0. The second kappa shape index (κ2) is 4.24. The van der Waals surface area contributed by atoms with Crippen LogP contribution in [-0.4, -0.2) is 0 Å². The van der Waals surface area contributed by atoms with Crippen molar-refractivity contribution < 1.29 is 0 Å². The maximum absolute atomic E-state index is 2.51. The second-order valence-corrected chi connectivity index (χ2v) is 5.75. The molecule has 0 spiro atoms. The minimum absolute atomic E-state index is 1.03. The predicted octanol–water partition coefficient (Wildman–Crippen LogP) is 4.49. The quantitative estimate of drug-likeness (QED) is 0.621. The largest absolute Gasteiger partial charge is 0.0654 e. The molecule has 0 aromatic heterocycles. The van der Waals surface area contributed by atoms with E-state index in [1.165, 1.54) is 19.3 Å². The number of rotatable bonds is 3. The highest BCUT2D eigenvalue weighted by molar-refractivity contribution is 4.96. The molecule has 2 saturated carbocycles. The van der Waals surface area contributed by atoms with E-state index < -0.39 is 0 Å². The van der Waals surface area contributed by atoms with E-state index in [4.69, 9.17) is 0 Å². The molecule has 2 aliphatic rings.